The van der Waals surface area contributed by atoms with Crippen molar-refractivity contribution in [3.8, 4) is 0 Å². The molecule has 1 aliphatic carbocycles. The van der Waals surface area contributed by atoms with Crippen molar-refractivity contribution in [1.82, 2.24) is 10.2 Å². The summed E-state index contributed by atoms with van der Waals surface area (Å²) in [5.41, 5.74) is 1.03. The molecule has 1 aromatic rings. The highest BCUT2D eigenvalue weighted by Gasteiger charge is 2.34. The molecule has 3 rings (SSSR count). The van der Waals surface area contributed by atoms with Gasteiger partial charge in [-0.15, -0.1) is 0 Å². The van der Waals surface area contributed by atoms with Gasteiger partial charge in [-0.3, -0.25) is 14.5 Å². The number of hydrogen-bond acceptors (Lipinski definition) is 3. The Bertz CT molecular complexity index is 487. The van der Waals surface area contributed by atoms with Gasteiger partial charge in [-0.2, -0.15) is 0 Å². The minimum absolute atomic E-state index is 0.189. The number of rotatable bonds is 3. The number of amides is 2. The van der Waals surface area contributed by atoms with Gasteiger partial charge in [-0.25, -0.2) is 0 Å². The maximum Gasteiger partial charge on any atom is 0.261 e. The second-order valence-corrected chi connectivity index (χ2v) is 6.15. The van der Waals surface area contributed by atoms with E-state index in [1.807, 2.05) is 0 Å². The van der Waals surface area contributed by atoms with Gasteiger partial charge in [0, 0.05) is 13.1 Å². The smallest absolute Gasteiger partial charge is 0.261 e. The molecular formula is C18H26N2O2. The molecule has 1 fully saturated rings. The summed E-state index contributed by atoms with van der Waals surface area (Å²) in [6, 6.07) is 6.92. The highest BCUT2D eigenvalue weighted by Crippen LogP contribution is 2.22. The molecular weight excluding hydrogens is 276 g/mol. The van der Waals surface area contributed by atoms with Gasteiger partial charge in [0.2, 0.25) is 0 Å². The predicted octanol–water partition coefficient (Wildman–Crippen LogP) is 3.09. The highest BCUT2D eigenvalue weighted by molar-refractivity contribution is 6.21. The van der Waals surface area contributed by atoms with Crippen LogP contribution in [0.3, 0.4) is 0 Å². The summed E-state index contributed by atoms with van der Waals surface area (Å²) in [6.07, 6.45) is 7.44. The first kappa shape index (κ1) is 16.7. The number of nitrogens with zero attached hydrogens (tertiary/aromatic N) is 1. The standard InChI is InChI=1S/C11H12N2O2.C7H14/c1-12-6-7-13-10(14)8-4-2-3-5-9(8)11(13)15;1-7-5-3-2-4-6-7/h2-5,12H,6-7H2,1H3;7H,2-6H2,1H3. The maximum atomic E-state index is 11.8. The minimum atomic E-state index is -0.189. The zero-order valence-corrected chi connectivity index (χ0v) is 13.6. The van der Waals surface area contributed by atoms with E-state index in [0.717, 1.165) is 5.92 Å². The number of carbonyl (C=O) groups is 2. The summed E-state index contributed by atoms with van der Waals surface area (Å²) in [7, 11) is 1.79. The van der Waals surface area contributed by atoms with Gasteiger partial charge in [0.25, 0.3) is 11.8 Å². The van der Waals surface area contributed by atoms with Gasteiger partial charge in [0.1, 0.15) is 0 Å². The van der Waals surface area contributed by atoms with E-state index in [2.05, 4.69) is 12.2 Å². The van der Waals surface area contributed by atoms with E-state index in [-0.39, 0.29) is 11.8 Å². The summed E-state index contributed by atoms with van der Waals surface area (Å²) >= 11 is 0. The van der Waals surface area contributed by atoms with E-state index in [4.69, 9.17) is 0 Å². The summed E-state index contributed by atoms with van der Waals surface area (Å²) < 4.78 is 0. The van der Waals surface area contributed by atoms with Crippen molar-refractivity contribution < 1.29 is 9.59 Å². The van der Waals surface area contributed by atoms with Crippen molar-refractivity contribution in [2.45, 2.75) is 39.0 Å². The molecule has 1 saturated carbocycles. The highest BCUT2D eigenvalue weighted by atomic mass is 16.2. The van der Waals surface area contributed by atoms with E-state index in [0.29, 0.717) is 24.2 Å². The molecule has 0 saturated heterocycles. The third-order valence-corrected chi connectivity index (χ3v) is 4.36. The number of fused-ring (bicyclic) bond motifs is 1. The fraction of sp³-hybridized carbons (Fsp3) is 0.556. The number of nitrogens with one attached hydrogen (secondary N) is 1. The van der Waals surface area contributed by atoms with Crippen LogP contribution in [0.1, 0.15) is 59.7 Å². The molecule has 0 spiro atoms. The first-order valence-corrected chi connectivity index (χ1v) is 8.25. The fourth-order valence-electron chi connectivity index (χ4n) is 2.97. The molecule has 1 aromatic carbocycles. The monoisotopic (exact) mass is 302 g/mol. The van der Waals surface area contributed by atoms with Crippen molar-refractivity contribution in [3.63, 3.8) is 0 Å². The number of imide groups is 1. The van der Waals surface area contributed by atoms with Gasteiger partial charge in [-0.05, 0) is 25.1 Å². The van der Waals surface area contributed by atoms with Crippen LogP contribution in [0.15, 0.2) is 24.3 Å². The minimum Gasteiger partial charge on any atom is -0.318 e. The lowest BCUT2D eigenvalue weighted by molar-refractivity contribution is 0.0656. The third-order valence-electron chi connectivity index (χ3n) is 4.36. The number of carbonyl (C=O) groups excluding carboxylic acids is 2. The van der Waals surface area contributed by atoms with Crippen molar-refractivity contribution in [2.24, 2.45) is 5.92 Å². The van der Waals surface area contributed by atoms with Crippen LogP contribution in [-0.4, -0.2) is 36.9 Å². The molecule has 1 N–H and O–H groups in total. The number of likely N-dealkylation sites (N-methyl/N-ethyl adjacent to an activating group) is 1. The molecule has 0 atom stereocenters. The van der Waals surface area contributed by atoms with Crippen LogP contribution in [0.5, 0.6) is 0 Å². The lowest BCUT2D eigenvalue weighted by Gasteiger charge is -2.15. The SMILES string of the molecule is CC1CCCCC1.CNCCN1C(=O)c2ccccc2C1=O. The molecule has 2 amide bonds. The lowest BCUT2D eigenvalue weighted by atomic mass is 9.91. The molecule has 4 nitrogen and oxygen atoms in total. The average Bonchev–Trinajstić information content (AvgIpc) is 2.79. The summed E-state index contributed by atoms with van der Waals surface area (Å²) in [4.78, 5) is 24.9. The largest absolute Gasteiger partial charge is 0.318 e. The van der Waals surface area contributed by atoms with Crippen molar-refractivity contribution in [3.05, 3.63) is 35.4 Å². The third kappa shape index (κ3) is 3.95. The van der Waals surface area contributed by atoms with Crippen LogP contribution >= 0.6 is 0 Å². The van der Waals surface area contributed by atoms with Crippen LogP contribution < -0.4 is 5.32 Å². The van der Waals surface area contributed by atoms with Crippen molar-refractivity contribution in [2.75, 3.05) is 20.1 Å². The Hall–Kier alpha value is -1.68. The Morgan fingerprint density at radius 2 is 1.59 bits per heavy atom. The first-order valence-electron chi connectivity index (χ1n) is 8.25. The second-order valence-electron chi connectivity index (χ2n) is 6.15. The molecule has 2 aliphatic rings. The van der Waals surface area contributed by atoms with Gasteiger partial charge < -0.3 is 5.32 Å². The predicted molar refractivity (Wildman–Crippen MR) is 88.0 cm³/mol. The van der Waals surface area contributed by atoms with Crippen LogP contribution in [-0.2, 0) is 0 Å². The van der Waals surface area contributed by atoms with Crippen LogP contribution in [0.2, 0.25) is 0 Å². The summed E-state index contributed by atoms with van der Waals surface area (Å²) in [6.45, 7) is 3.40. The first-order chi connectivity index (χ1) is 10.6. The molecule has 0 aromatic heterocycles. The molecule has 0 radical (unpaired) electrons. The quantitative estimate of drug-likeness (QED) is 0.873. The molecule has 0 bridgehead atoms. The number of benzene rings is 1. The van der Waals surface area contributed by atoms with Crippen LogP contribution in [0.25, 0.3) is 0 Å². The van der Waals surface area contributed by atoms with Gasteiger partial charge in [-0.1, -0.05) is 51.2 Å². The number of hydrogen-bond donors (Lipinski definition) is 1. The Morgan fingerprint density at radius 3 is 2.00 bits per heavy atom. The summed E-state index contributed by atoms with van der Waals surface area (Å²) in [5, 5.41) is 2.92. The Morgan fingerprint density at radius 1 is 1.05 bits per heavy atom. The molecule has 0 unspecified atom stereocenters. The average molecular weight is 302 g/mol. The van der Waals surface area contributed by atoms with Crippen LogP contribution in [0.4, 0.5) is 0 Å². The molecule has 120 valence electrons. The molecule has 1 heterocycles. The van der Waals surface area contributed by atoms with E-state index >= 15 is 0 Å². The zero-order chi connectivity index (χ0) is 15.9. The molecule has 22 heavy (non-hydrogen) atoms. The Balaban J connectivity index is 0.000000211. The van der Waals surface area contributed by atoms with Gasteiger partial charge in [0.15, 0.2) is 0 Å². The zero-order valence-electron chi connectivity index (χ0n) is 13.6. The van der Waals surface area contributed by atoms with Gasteiger partial charge >= 0.3 is 0 Å². The van der Waals surface area contributed by atoms with E-state index in [1.165, 1.54) is 37.0 Å². The lowest BCUT2D eigenvalue weighted by Crippen LogP contribution is -2.35. The van der Waals surface area contributed by atoms with E-state index in [1.54, 1.807) is 31.3 Å². The van der Waals surface area contributed by atoms with Crippen LogP contribution in [0, 0.1) is 5.92 Å². The summed E-state index contributed by atoms with van der Waals surface area (Å²) in [5.74, 6) is 0.658. The Labute approximate surface area is 132 Å². The van der Waals surface area contributed by atoms with Crippen molar-refractivity contribution in [1.29, 1.82) is 0 Å². The van der Waals surface area contributed by atoms with Crippen molar-refractivity contribution >= 4 is 11.8 Å². The normalized spacial score (nSPS) is 18.0. The fourth-order valence-corrected chi connectivity index (χ4v) is 2.97. The second kappa shape index (κ2) is 8.08. The van der Waals surface area contributed by atoms with E-state index in [9.17, 15) is 9.59 Å². The molecule has 1 aliphatic heterocycles. The Kier molecular flexibility index (Phi) is 6.13. The molecule has 4 heteroatoms. The maximum absolute atomic E-state index is 11.8. The van der Waals surface area contributed by atoms with E-state index < -0.39 is 0 Å². The topological polar surface area (TPSA) is 49.4 Å². The van der Waals surface area contributed by atoms with Gasteiger partial charge in [0.05, 0.1) is 11.1 Å².